The average molecular weight is 406 g/mol. The zero-order valence-electron chi connectivity index (χ0n) is 16.9. The van der Waals surface area contributed by atoms with Crippen LogP contribution >= 0.6 is 0 Å². The molecule has 3 aliphatic rings. The Kier molecular flexibility index (Phi) is 4.38. The van der Waals surface area contributed by atoms with Crippen molar-refractivity contribution in [1.29, 1.82) is 0 Å². The van der Waals surface area contributed by atoms with Gasteiger partial charge in [-0.05, 0) is 32.1 Å². The molecule has 1 amide bonds. The summed E-state index contributed by atoms with van der Waals surface area (Å²) in [5.74, 6) is -0.138. The van der Waals surface area contributed by atoms with Crippen molar-refractivity contribution in [3.63, 3.8) is 0 Å². The van der Waals surface area contributed by atoms with Crippen LogP contribution in [-0.4, -0.2) is 56.4 Å². The van der Waals surface area contributed by atoms with Crippen LogP contribution in [-0.2, 0) is 10.5 Å². The van der Waals surface area contributed by atoms with E-state index in [9.17, 15) is 4.79 Å². The molecule has 2 aromatic heterocycles. The van der Waals surface area contributed by atoms with Crippen molar-refractivity contribution < 1.29 is 9.18 Å². The second-order valence-electron chi connectivity index (χ2n) is 8.24. The molecule has 4 heterocycles. The lowest BCUT2D eigenvalue weighted by atomic mass is 9.81. The van der Waals surface area contributed by atoms with Gasteiger partial charge in [-0.25, -0.2) is 24.3 Å². The quantitative estimate of drug-likeness (QED) is 0.778. The van der Waals surface area contributed by atoms with Gasteiger partial charge in [0.05, 0.1) is 6.04 Å². The molecule has 8 heteroatoms. The number of hydrogen-bond donors (Lipinski definition) is 0. The second-order valence-corrected chi connectivity index (χ2v) is 8.24. The maximum Gasteiger partial charge on any atom is 0.233 e. The lowest BCUT2D eigenvalue weighted by molar-refractivity contribution is -0.148. The third-order valence-corrected chi connectivity index (χ3v) is 6.16. The summed E-state index contributed by atoms with van der Waals surface area (Å²) in [6.07, 6.45) is 9.31. The second kappa shape index (κ2) is 6.97. The van der Waals surface area contributed by atoms with E-state index in [-0.39, 0.29) is 17.8 Å². The van der Waals surface area contributed by atoms with Crippen LogP contribution in [0.3, 0.4) is 0 Å². The number of halogens is 1. The molecule has 5 rings (SSSR count). The molecule has 2 aromatic rings. The van der Waals surface area contributed by atoms with E-state index in [1.54, 1.807) is 29.2 Å². The van der Waals surface area contributed by atoms with E-state index >= 15 is 4.39 Å². The molecule has 7 nitrogen and oxygen atoms in total. The minimum atomic E-state index is -2.05. The third kappa shape index (κ3) is 2.98. The fourth-order valence-corrected chi connectivity index (χ4v) is 4.67. The molecule has 2 aliphatic heterocycles. The molecular weight excluding hydrogens is 383 g/mol. The summed E-state index contributed by atoms with van der Waals surface area (Å²) in [6, 6.07) is 3.62. The molecule has 2 fully saturated rings. The smallest absolute Gasteiger partial charge is 0.233 e. The lowest BCUT2D eigenvalue weighted by Crippen LogP contribution is -2.61. The Morgan fingerprint density at radius 2 is 1.83 bits per heavy atom. The summed E-state index contributed by atoms with van der Waals surface area (Å²) < 4.78 is 16.0. The number of alkyl halides is 1. The molecule has 0 radical (unpaired) electrons. The molecule has 0 N–H and O–H groups in total. The summed E-state index contributed by atoms with van der Waals surface area (Å²) in [5, 5.41) is 0. The number of rotatable bonds is 3. The van der Waals surface area contributed by atoms with Crippen molar-refractivity contribution in [3.05, 3.63) is 66.0 Å². The highest BCUT2D eigenvalue weighted by molar-refractivity contribution is 5.84. The van der Waals surface area contributed by atoms with Crippen molar-refractivity contribution in [2.24, 2.45) is 11.8 Å². The Balaban J connectivity index is 1.35. The Morgan fingerprint density at radius 1 is 1.10 bits per heavy atom. The van der Waals surface area contributed by atoms with Crippen LogP contribution in [0.25, 0.3) is 0 Å². The van der Waals surface area contributed by atoms with Gasteiger partial charge in [-0.15, -0.1) is 0 Å². The van der Waals surface area contributed by atoms with Gasteiger partial charge < -0.3 is 9.80 Å². The number of aryl methyl sites for hydroxylation is 2. The van der Waals surface area contributed by atoms with Gasteiger partial charge in [-0.2, -0.15) is 0 Å². The van der Waals surface area contributed by atoms with E-state index in [2.05, 4.69) is 24.8 Å². The number of amides is 1. The molecule has 0 saturated carbocycles. The summed E-state index contributed by atoms with van der Waals surface area (Å²) in [6.45, 7) is 5.99. The van der Waals surface area contributed by atoms with E-state index < -0.39 is 11.6 Å². The van der Waals surface area contributed by atoms with Gasteiger partial charge in [0.1, 0.15) is 5.92 Å². The van der Waals surface area contributed by atoms with Crippen molar-refractivity contribution in [1.82, 2.24) is 24.8 Å². The van der Waals surface area contributed by atoms with Crippen LogP contribution in [0.2, 0.25) is 0 Å². The van der Waals surface area contributed by atoms with E-state index in [1.165, 1.54) is 18.5 Å². The van der Waals surface area contributed by atoms with Crippen LogP contribution < -0.4 is 4.90 Å². The van der Waals surface area contributed by atoms with Crippen LogP contribution in [0.4, 0.5) is 10.3 Å². The molecule has 0 bridgehead atoms. The first-order chi connectivity index (χ1) is 14.5. The highest BCUT2D eigenvalue weighted by Gasteiger charge is 2.54. The van der Waals surface area contributed by atoms with E-state index in [4.69, 9.17) is 0 Å². The molecule has 2 saturated heterocycles. The maximum atomic E-state index is 16.0. The molecule has 0 spiro atoms. The number of allylic oxidation sites excluding steroid dienone is 3. The van der Waals surface area contributed by atoms with Crippen molar-refractivity contribution in [2.75, 3.05) is 24.5 Å². The number of likely N-dealkylation sites (tertiary alicyclic amines) is 1. The lowest BCUT2D eigenvalue weighted by Gasteiger charge is -2.46. The number of fused-ring (bicyclic) bond motifs is 1. The van der Waals surface area contributed by atoms with Gasteiger partial charge in [-0.3, -0.25) is 4.79 Å². The Labute approximate surface area is 174 Å². The largest absolute Gasteiger partial charge is 0.338 e. The van der Waals surface area contributed by atoms with Gasteiger partial charge in [0, 0.05) is 49.3 Å². The number of nitrogens with zero attached hydrogens (tertiary/aromatic N) is 6. The standard InChI is InChI=1S/C22H23FN6O/c1-14-10-15(2)27-21(26-14)28-11-16-12-29(18(16)13-28)19(30)17-6-3-4-7-22(17,23)20-24-8-5-9-25-20/h3-10,16-18H,11-13H2,1-2H3. The number of hydrogen-bond acceptors (Lipinski definition) is 6. The normalized spacial score (nSPS) is 29.6. The summed E-state index contributed by atoms with van der Waals surface area (Å²) in [5.41, 5.74) is -0.199. The first-order valence-corrected chi connectivity index (χ1v) is 10.2. The average Bonchev–Trinajstić information content (AvgIpc) is 3.05. The minimum absolute atomic E-state index is 0.0118. The summed E-state index contributed by atoms with van der Waals surface area (Å²) in [4.78, 5) is 34.5. The van der Waals surface area contributed by atoms with Crippen molar-refractivity contribution in [3.8, 4) is 0 Å². The number of carbonyl (C=O) groups excluding carboxylic acids is 1. The molecule has 154 valence electrons. The predicted octanol–water partition coefficient (Wildman–Crippen LogP) is 2.14. The summed E-state index contributed by atoms with van der Waals surface area (Å²) in [7, 11) is 0. The topological polar surface area (TPSA) is 75.1 Å². The predicted molar refractivity (Wildman–Crippen MR) is 109 cm³/mol. The minimum Gasteiger partial charge on any atom is -0.338 e. The van der Waals surface area contributed by atoms with Crippen molar-refractivity contribution in [2.45, 2.75) is 25.6 Å². The van der Waals surface area contributed by atoms with Crippen LogP contribution in [0.15, 0.2) is 48.8 Å². The first kappa shape index (κ1) is 18.8. The zero-order chi connectivity index (χ0) is 20.9. The molecule has 4 atom stereocenters. The Bertz CT molecular complexity index is 1020. The highest BCUT2D eigenvalue weighted by Crippen LogP contribution is 2.42. The molecule has 0 aromatic carbocycles. The molecular formula is C22H23FN6O. The Hall–Kier alpha value is -3.16. The van der Waals surface area contributed by atoms with E-state index in [0.29, 0.717) is 25.0 Å². The van der Waals surface area contributed by atoms with E-state index in [0.717, 1.165) is 17.9 Å². The summed E-state index contributed by atoms with van der Waals surface area (Å²) >= 11 is 0. The fourth-order valence-electron chi connectivity index (χ4n) is 4.67. The molecule has 4 unspecified atom stereocenters. The third-order valence-electron chi connectivity index (χ3n) is 6.16. The Morgan fingerprint density at radius 3 is 2.57 bits per heavy atom. The molecule has 30 heavy (non-hydrogen) atoms. The first-order valence-electron chi connectivity index (χ1n) is 10.2. The SMILES string of the molecule is Cc1cc(C)nc(N2CC3CN(C(=O)C4C=CC=CC4(F)c4ncccn4)C3C2)n1. The van der Waals surface area contributed by atoms with Crippen LogP contribution in [0.5, 0.6) is 0 Å². The van der Waals surface area contributed by atoms with Gasteiger partial charge in [0.2, 0.25) is 17.5 Å². The van der Waals surface area contributed by atoms with Crippen LogP contribution in [0.1, 0.15) is 17.2 Å². The van der Waals surface area contributed by atoms with E-state index in [1.807, 2.05) is 19.9 Å². The van der Waals surface area contributed by atoms with Gasteiger partial charge in [0.25, 0.3) is 0 Å². The number of aromatic nitrogens is 4. The highest BCUT2D eigenvalue weighted by atomic mass is 19.1. The number of anilines is 1. The number of carbonyl (C=O) groups is 1. The fraction of sp³-hybridized carbons (Fsp3) is 0.409. The van der Waals surface area contributed by atoms with Crippen molar-refractivity contribution >= 4 is 11.9 Å². The van der Waals surface area contributed by atoms with Crippen LogP contribution in [0, 0.1) is 25.7 Å². The van der Waals surface area contributed by atoms with Gasteiger partial charge in [-0.1, -0.05) is 18.2 Å². The maximum absolute atomic E-state index is 16.0. The zero-order valence-corrected chi connectivity index (χ0v) is 16.9. The monoisotopic (exact) mass is 406 g/mol. The molecule has 1 aliphatic carbocycles. The van der Waals surface area contributed by atoms with Gasteiger partial charge in [0.15, 0.2) is 5.82 Å². The van der Waals surface area contributed by atoms with Gasteiger partial charge >= 0.3 is 0 Å².